The minimum absolute atomic E-state index is 0.210. The van der Waals surface area contributed by atoms with E-state index in [9.17, 15) is 0 Å². The van der Waals surface area contributed by atoms with Gasteiger partial charge >= 0.3 is 0 Å². The molecule has 3 nitrogen and oxygen atoms in total. The van der Waals surface area contributed by atoms with Crippen molar-refractivity contribution in [2.75, 3.05) is 26.3 Å². The Balaban J connectivity index is 2.39. The van der Waals surface area contributed by atoms with Crippen LogP contribution in [0.3, 0.4) is 0 Å². The van der Waals surface area contributed by atoms with E-state index in [4.69, 9.17) is 10.2 Å². The molecule has 0 saturated carbocycles. The molecule has 72 valence electrons. The highest BCUT2D eigenvalue weighted by Crippen LogP contribution is 2.26. The van der Waals surface area contributed by atoms with Crippen LogP contribution in [0.1, 0.15) is 12.8 Å². The van der Waals surface area contributed by atoms with E-state index in [-0.39, 0.29) is 13.2 Å². The first kappa shape index (κ1) is 10.3. The molecular formula is C8H17NO2S. The number of hydrogen-bond donors (Lipinski definition) is 3. The van der Waals surface area contributed by atoms with Gasteiger partial charge in [-0.3, -0.25) is 4.31 Å². The molecule has 0 radical (unpaired) electrons. The van der Waals surface area contributed by atoms with E-state index in [1.54, 1.807) is 0 Å². The minimum Gasteiger partial charge on any atom is -0.396 e. The van der Waals surface area contributed by atoms with Gasteiger partial charge in [0.1, 0.15) is 0 Å². The van der Waals surface area contributed by atoms with Gasteiger partial charge in [-0.05, 0) is 24.7 Å². The molecule has 4 heteroatoms. The van der Waals surface area contributed by atoms with Crippen LogP contribution >= 0.6 is 12.8 Å². The lowest BCUT2D eigenvalue weighted by molar-refractivity contribution is 0.0976. The molecule has 2 unspecified atom stereocenters. The van der Waals surface area contributed by atoms with Crippen molar-refractivity contribution in [1.29, 1.82) is 0 Å². The van der Waals surface area contributed by atoms with Crippen LogP contribution in [0, 0.1) is 11.8 Å². The van der Waals surface area contributed by atoms with E-state index in [0.717, 1.165) is 25.9 Å². The lowest BCUT2D eigenvalue weighted by Crippen LogP contribution is -2.37. The number of thiol groups is 1. The highest BCUT2D eigenvalue weighted by Gasteiger charge is 2.26. The van der Waals surface area contributed by atoms with E-state index in [0.29, 0.717) is 11.8 Å². The maximum Gasteiger partial charge on any atom is 0.0474 e. The van der Waals surface area contributed by atoms with E-state index in [1.807, 2.05) is 4.31 Å². The molecular weight excluding hydrogens is 174 g/mol. The highest BCUT2D eigenvalue weighted by atomic mass is 32.1. The third-order valence-corrected chi connectivity index (χ3v) is 2.97. The second-order valence-corrected chi connectivity index (χ2v) is 3.98. The number of aliphatic hydroxyl groups excluding tert-OH is 2. The van der Waals surface area contributed by atoms with Crippen molar-refractivity contribution >= 4 is 12.8 Å². The molecule has 0 aliphatic carbocycles. The maximum absolute atomic E-state index is 9.06. The zero-order chi connectivity index (χ0) is 8.97. The quantitative estimate of drug-likeness (QED) is 0.556. The maximum atomic E-state index is 9.06. The van der Waals surface area contributed by atoms with Crippen molar-refractivity contribution < 1.29 is 10.2 Å². The van der Waals surface area contributed by atoms with Gasteiger partial charge in [-0.15, -0.1) is 0 Å². The van der Waals surface area contributed by atoms with Crippen LogP contribution in [0.15, 0.2) is 0 Å². The molecule has 1 aliphatic heterocycles. The standard InChI is InChI=1S/C8H17NO2S/c10-4-2-7-1-3-9(12)5-8(7)6-11/h7-8,10-12H,1-6H2. The molecule has 0 spiro atoms. The SMILES string of the molecule is OCCC1CCN(S)CC1CO. The Bertz CT molecular complexity index is 134. The summed E-state index contributed by atoms with van der Waals surface area (Å²) in [4.78, 5) is 0. The zero-order valence-electron chi connectivity index (χ0n) is 7.19. The summed E-state index contributed by atoms with van der Waals surface area (Å²) < 4.78 is 1.94. The van der Waals surface area contributed by atoms with Crippen molar-refractivity contribution in [3.8, 4) is 0 Å². The molecule has 2 N–H and O–H groups in total. The van der Waals surface area contributed by atoms with Crippen LogP contribution in [0.2, 0.25) is 0 Å². The van der Waals surface area contributed by atoms with Crippen LogP contribution in [0.5, 0.6) is 0 Å². The predicted octanol–water partition coefficient (Wildman–Crippen LogP) is 0.144. The van der Waals surface area contributed by atoms with Gasteiger partial charge in [-0.2, -0.15) is 0 Å². The summed E-state index contributed by atoms with van der Waals surface area (Å²) in [6, 6.07) is 0. The molecule has 1 rings (SSSR count). The Hall–Kier alpha value is 0.230. The molecule has 1 fully saturated rings. The number of nitrogens with zero attached hydrogens (tertiary/aromatic N) is 1. The lowest BCUT2D eigenvalue weighted by Gasteiger charge is -2.34. The van der Waals surface area contributed by atoms with Crippen LogP contribution in [0.25, 0.3) is 0 Å². The van der Waals surface area contributed by atoms with E-state index >= 15 is 0 Å². The Morgan fingerprint density at radius 2 is 2.08 bits per heavy atom. The zero-order valence-corrected chi connectivity index (χ0v) is 8.08. The topological polar surface area (TPSA) is 43.7 Å². The molecule has 12 heavy (non-hydrogen) atoms. The minimum atomic E-state index is 0.210. The normalized spacial score (nSPS) is 32.2. The van der Waals surface area contributed by atoms with Gasteiger partial charge in [0.15, 0.2) is 0 Å². The largest absolute Gasteiger partial charge is 0.396 e. The predicted molar refractivity (Wildman–Crippen MR) is 50.9 cm³/mol. The molecule has 0 aromatic heterocycles. The Morgan fingerprint density at radius 3 is 2.67 bits per heavy atom. The number of aliphatic hydroxyl groups is 2. The van der Waals surface area contributed by atoms with Gasteiger partial charge in [0.05, 0.1) is 0 Å². The summed E-state index contributed by atoms with van der Waals surface area (Å²) in [6.45, 7) is 2.24. The first-order valence-electron chi connectivity index (χ1n) is 4.43. The first-order valence-corrected chi connectivity index (χ1v) is 4.83. The molecule has 0 amide bonds. The molecule has 0 bridgehead atoms. The molecule has 1 aliphatic rings. The average molecular weight is 191 g/mol. The van der Waals surface area contributed by atoms with Crippen LogP contribution in [-0.4, -0.2) is 40.8 Å². The summed E-state index contributed by atoms with van der Waals surface area (Å²) >= 11 is 4.24. The summed E-state index contributed by atoms with van der Waals surface area (Å²) in [5, 5.41) is 17.8. The lowest BCUT2D eigenvalue weighted by atomic mass is 9.85. The molecule has 0 aromatic rings. The van der Waals surface area contributed by atoms with Crippen molar-refractivity contribution in [3.63, 3.8) is 0 Å². The van der Waals surface area contributed by atoms with Crippen LogP contribution < -0.4 is 0 Å². The molecule has 0 aromatic carbocycles. The monoisotopic (exact) mass is 191 g/mol. The fraction of sp³-hybridized carbons (Fsp3) is 1.00. The fourth-order valence-electron chi connectivity index (χ4n) is 1.81. The Morgan fingerprint density at radius 1 is 1.33 bits per heavy atom. The van der Waals surface area contributed by atoms with Crippen molar-refractivity contribution in [1.82, 2.24) is 4.31 Å². The van der Waals surface area contributed by atoms with Gasteiger partial charge in [-0.25, -0.2) is 0 Å². The number of rotatable bonds is 3. The third kappa shape index (κ3) is 2.62. The summed E-state index contributed by atoms with van der Waals surface area (Å²) in [6.07, 6.45) is 1.85. The van der Waals surface area contributed by atoms with Gasteiger partial charge in [0.25, 0.3) is 0 Å². The summed E-state index contributed by atoms with van der Waals surface area (Å²) in [5.41, 5.74) is 0. The smallest absolute Gasteiger partial charge is 0.0474 e. The Kier molecular flexibility index (Phi) is 4.35. The van der Waals surface area contributed by atoms with Crippen molar-refractivity contribution in [2.45, 2.75) is 12.8 Å². The molecule has 1 saturated heterocycles. The second-order valence-electron chi connectivity index (χ2n) is 3.42. The Labute approximate surface area is 78.9 Å². The van der Waals surface area contributed by atoms with Gasteiger partial charge < -0.3 is 10.2 Å². The summed E-state index contributed by atoms with van der Waals surface area (Å²) in [7, 11) is 0. The van der Waals surface area contributed by atoms with Gasteiger partial charge in [0, 0.05) is 26.3 Å². The third-order valence-electron chi connectivity index (χ3n) is 2.60. The molecule has 1 heterocycles. The van der Waals surface area contributed by atoms with Crippen molar-refractivity contribution in [3.05, 3.63) is 0 Å². The van der Waals surface area contributed by atoms with E-state index < -0.39 is 0 Å². The summed E-state index contributed by atoms with van der Waals surface area (Å²) in [5.74, 6) is 0.770. The van der Waals surface area contributed by atoms with Crippen molar-refractivity contribution in [2.24, 2.45) is 11.8 Å². The first-order chi connectivity index (χ1) is 5.77. The molecule has 2 atom stereocenters. The van der Waals surface area contributed by atoms with Crippen LogP contribution in [0.4, 0.5) is 0 Å². The number of piperidine rings is 1. The average Bonchev–Trinajstić information content (AvgIpc) is 2.08. The van der Waals surface area contributed by atoms with Crippen LogP contribution in [-0.2, 0) is 0 Å². The second kappa shape index (κ2) is 5.07. The van der Waals surface area contributed by atoms with E-state index in [1.165, 1.54) is 0 Å². The van der Waals surface area contributed by atoms with Gasteiger partial charge in [0.2, 0.25) is 0 Å². The fourth-order valence-corrected chi connectivity index (χ4v) is 2.14. The van der Waals surface area contributed by atoms with E-state index in [2.05, 4.69) is 12.8 Å². The highest BCUT2D eigenvalue weighted by molar-refractivity contribution is 7.77. The van der Waals surface area contributed by atoms with Gasteiger partial charge in [-0.1, -0.05) is 12.8 Å². The number of hydrogen-bond acceptors (Lipinski definition) is 4.